The SMILES string of the molecule is COc1cccc(Oc2csc(C=O)c2)c1. The summed E-state index contributed by atoms with van der Waals surface area (Å²) in [6.07, 6.45) is 0.809. The van der Waals surface area contributed by atoms with E-state index in [0.29, 0.717) is 16.4 Å². The molecule has 16 heavy (non-hydrogen) atoms. The van der Waals surface area contributed by atoms with Crippen molar-refractivity contribution >= 4 is 17.6 Å². The van der Waals surface area contributed by atoms with Gasteiger partial charge in [0.15, 0.2) is 6.29 Å². The van der Waals surface area contributed by atoms with Gasteiger partial charge in [0.2, 0.25) is 0 Å². The molecule has 2 aromatic rings. The fourth-order valence-corrected chi connectivity index (χ4v) is 1.86. The van der Waals surface area contributed by atoms with Gasteiger partial charge >= 0.3 is 0 Å². The van der Waals surface area contributed by atoms with Crippen LogP contribution in [0.3, 0.4) is 0 Å². The van der Waals surface area contributed by atoms with Crippen LogP contribution in [0.5, 0.6) is 17.2 Å². The highest BCUT2D eigenvalue weighted by Gasteiger charge is 2.02. The minimum atomic E-state index is 0.651. The van der Waals surface area contributed by atoms with E-state index in [0.717, 1.165) is 12.0 Å². The fourth-order valence-electron chi connectivity index (χ4n) is 1.25. The van der Waals surface area contributed by atoms with Crippen molar-refractivity contribution in [3.8, 4) is 17.2 Å². The van der Waals surface area contributed by atoms with Gasteiger partial charge in [0.25, 0.3) is 0 Å². The molecule has 1 aromatic carbocycles. The summed E-state index contributed by atoms with van der Waals surface area (Å²) in [4.78, 5) is 11.2. The monoisotopic (exact) mass is 234 g/mol. The highest BCUT2D eigenvalue weighted by atomic mass is 32.1. The molecule has 0 saturated heterocycles. The number of ether oxygens (including phenoxy) is 2. The maximum atomic E-state index is 10.5. The van der Waals surface area contributed by atoms with Crippen molar-refractivity contribution < 1.29 is 14.3 Å². The van der Waals surface area contributed by atoms with Gasteiger partial charge < -0.3 is 9.47 Å². The maximum Gasteiger partial charge on any atom is 0.160 e. The van der Waals surface area contributed by atoms with Crippen LogP contribution >= 0.6 is 11.3 Å². The summed E-state index contributed by atoms with van der Waals surface area (Å²) in [6, 6.07) is 9.02. The van der Waals surface area contributed by atoms with Crippen LogP contribution in [0.2, 0.25) is 0 Å². The van der Waals surface area contributed by atoms with E-state index in [-0.39, 0.29) is 0 Å². The van der Waals surface area contributed by atoms with E-state index in [9.17, 15) is 4.79 Å². The Labute approximate surface area is 97.2 Å². The summed E-state index contributed by atoms with van der Waals surface area (Å²) >= 11 is 1.35. The number of aldehydes is 1. The number of carbonyl (C=O) groups is 1. The number of thiophene rings is 1. The second-order valence-corrected chi connectivity index (χ2v) is 4.03. The molecule has 1 aromatic heterocycles. The van der Waals surface area contributed by atoms with E-state index in [4.69, 9.17) is 9.47 Å². The molecular formula is C12H10O3S. The average Bonchev–Trinajstić information content (AvgIpc) is 2.77. The molecule has 0 radical (unpaired) electrons. The zero-order valence-electron chi connectivity index (χ0n) is 8.67. The quantitative estimate of drug-likeness (QED) is 0.761. The Morgan fingerprint density at radius 3 is 2.69 bits per heavy atom. The predicted octanol–water partition coefficient (Wildman–Crippen LogP) is 3.36. The standard InChI is InChI=1S/C12H10O3S/c1-14-9-3-2-4-10(5-9)15-11-6-12(7-13)16-8-11/h2-8H,1H3. The number of hydrogen-bond donors (Lipinski definition) is 0. The minimum absolute atomic E-state index is 0.651. The lowest BCUT2D eigenvalue weighted by atomic mass is 10.3. The molecule has 0 N–H and O–H groups in total. The summed E-state index contributed by atoms with van der Waals surface area (Å²) in [5.41, 5.74) is 0. The largest absolute Gasteiger partial charge is 0.497 e. The van der Waals surface area contributed by atoms with Crippen LogP contribution in [0.25, 0.3) is 0 Å². The first-order valence-electron chi connectivity index (χ1n) is 4.67. The van der Waals surface area contributed by atoms with E-state index < -0.39 is 0 Å². The molecule has 2 rings (SSSR count). The summed E-state index contributed by atoms with van der Waals surface area (Å²) in [6.45, 7) is 0. The number of hydrogen-bond acceptors (Lipinski definition) is 4. The van der Waals surface area contributed by atoms with Crippen molar-refractivity contribution in [2.45, 2.75) is 0 Å². The first kappa shape index (κ1) is 10.7. The molecule has 3 nitrogen and oxygen atoms in total. The normalized spacial score (nSPS) is 9.81. The lowest BCUT2D eigenvalue weighted by Gasteiger charge is -2.04. The number of methoxy groups -OCH3 is 1. The van der Waals surface area contributed by atoms with Crippen LogP contribution in [0.4, 0.5) is 0 Å². The third-order valence-electron chi connectivity index (χ3n) is 1.99. The zero-order chi connectivity index (χ0) is 11.4. The Morgan fingerprint density at radius 2 is 2.00 bits per heavy atom. The van der Waals surface area contributed by atoms with Crippen LogP contribution in [0, 0.1) is 0 Å². The van der Waals surface area contributed by atoms with Gasteiger partial charge in [-0.25, -0.2) is 0 Å². The summed E-state index contributed by atoms with van der Waals surface area (Å²) in [5, 5.41) is 1.79. The van der Waals surface area contributed by atoms with Crippen LogP contribution in [-0.4, -0.2) is 13.4 Å². The van der Waals surface area contributed by atoms with Crippen molar-refractivity contribution in [2.24, 2.45) is 0 Å². The molecule has 4 heteroatoms. The Bertz CT molecular complexity index is 491. The second kappa shape index (κ2) is 4.81. The lowest BCUT2D eigenvalue weighted by Crippen LogP contribution is -1.85. The van der Waals surface area contributed by atoms with Crippen LogP contribution in [0.15, 0.2) is 35.7 Å². The third-order valence-corrected chi connectivity index (χ3v) is 2.83. The lowest BCUT2D eigenvalue weighted by molar-refractivity contribution is 0.112. The highest BCUT2D eigenvalue weighted by molar-refractivity contribution is 7.11. The first-order chi connectivity index (χ1) is 7.81. The molecule has 0 bridgehead atoms. The van der Waals surface area contributed by atoms with Gasteiger partial charge in [-0.1, -0.05) is 6.07 Å². The van der Waals surface area contributed by atoms with E-state index in [2.05, 4.69) is 0 Å². The molecule has 0 unspecified atom stereocenters. The number of benzene rings is 1. The third kappa shape index (κ3) is 2.41. The predicted molar refractivity (Wildman–Crippen MR) is 62.8 cm³/mol. The number of carbonyl (C=O) groups excluding carboxylic acids is 1. The number of rotatable bonds is 4. The molecule has 0 spiro atoms. The van der Waals surface area contributed by atoms with Gasteiger partial charge in [-0.2, -0.15) is 0 Å². The molecule has 0 fully saturated rings. The van der Waals surface area contributed by atoms with Crippen molar-refractivity contribution in [3.05, 3.63) is 40.6 Å². The topological polar surface area (TPSA) is 35.5 Å². The summed E-state index contributed by atoms with van der Waals surface area (Å²) in [7, 11) is 1.61. The van der Waals surface area contributed by atoms with Crippen LogP contribution in [-0.2, 0) is 0 Å². The van der Waals surface area contributed by atoms with E-state index in [1.54, 1.807) is 24.6 Å². The van der Waals surface area contributed by atoms with E-state index in [1.165, 1.54) is 11.3 Å². The molecule has 1 heterocycles. The van der Waals surface area contributed by atoms with Gasteiger partial charge in [-0.15, -0.1) is 11.3 Å². The minimum Gasteiger partial charge on any atom is -0.497 e. The van der Waals surface area contributed by atoms with Gasteiger partial charge in [-0.05, 0) is 12.1 Å². The van der Waals surface area contributed by atoms with Crippen molar-refractivity contribution in [1.82, 2.24) is 0 Å². The smallest absolute Gasteiger partial charge is 0.160 e. The van der Waals surface area contributed by atoms with Gasteiger partial charge in [0.05, 0.1) is 12.0 Å². The zero-order valence-corrected chi connectivity index (χ0v) is 9.49. The van der Waals surface area contributed by atoms with Gasteiger partial charge in [-0.3, -0.25) is 4.79 Å². The maximum absolute atomic E-state index is 10.5. The molecule has 82 valence electrons. The van der Waals surface area contributed by atoms with E-state index in [1.807, 2.05) is 18.2 Å². The fraction of sp³-hybridized carbons (Fsp3) is 0.0833. The Hall–Kier alpha value is -1.81. The highest BCUT2D eigenvalue weighted by Crippen LogP contribution is 2.28. The first-order valence-corrected chi connectivity index (χ1v) is 5.55. The van der Waals surface area contributed by atoms with Crippen molar-refractivity contribution in [2.75, 3.05) is 7.11 Å². The van der Waals surface area contributed by atoms with Crippen LogP contribution in [0.1, 0.15) is 9.67 Å². The van der Waals surface area contributed by atoms with Gasteiger partial charge in [0.1, 0.15) is 17.2 Å². The Morgan fingerprint density at radius 1 is 1.19 bits per heavy atom. The molecule has 0 atom stereocenters. The van der Waals surface area contributed by atoms with E-state index >= 15 is 0 Å². The van der Waals surface area contributed by atoms with Crippen molar-refractivity contribution in [3.63, 3.8) is 0 Å². The molecule has 0 saturated carbocycles. The summed E-state index contributed by atoms with van der Waals surface area (Å²) in [5.74, 6) is 2.10. The van der Waals surface area contributed by atoms with Crippen molar-refractivity contribution in [1.29, 1.82) is 0 Å². The molecular weight excluding hydrogens is 224 g/mol. The molecule has 0 amide bonds. The Kier molecular flexibility index (Phi) is 3.22. The average molecular weight is 234 g/mol. The Balaban J connectivity index is 2.16. The van der Waals surface area contributed by atoms with Gasteiger partial charge in [0, 0.05) is 17.5 Å². The molecule has 0 aliphatic carbocycles. The molecule has 0 aliphatic heterocycles. The van der Waals surface area contributed by atoms with Crippen LogP contribution < -0.4 is 9.47 Å². The second-order valence-electron chi connectivity index (χ2n) is 3.08. The summed E-state index contributed by atoms with van der Waals surface area (Å²) < 4.78 is 10.7. The molecule has 0 aliphatic rings.